The second-order valence-electron chi connectivity index (χ2n) is 8.33. The third-order valence-corrected chi connectivity index (χ3v) is 6.20. The van der Waals surface area contributed by atoms with E-state index < -0.39 is 30.1 Å². The molecule has 2 atom stereocenters. The zero-order chi connectivity index (χ0) is 29.4. The quantitative estimate of drug-likeness (QED) is 0.199. The van der Waals surface area contributed by atoms with Gasteiger partial charge >= 0.3 is 17.9 Å². The maximum atomic E-state index is 12.9. The zero-order valence-corrected chi connectivity index (χ0v) is 24.4. The molecule has 0 aliphatic rings. The first-order valence-corrected chi connectivity index (χ1v) is 12.7. The summed E-state index contributed by atoms with van der Waals surface area (Å²) in [6.45, 7) is 2.46. The van der Waals surface area contributed by atoms with E-state index in [4.69, 9.17) is 33.2 Å². The highest BCUT2D eigenvalue weighted by Gasteiger charge is 2.33. The van der Waals surface area contributed by atoms with Gasteiger partial charge in [0.15, 0.2) is 35.2 Å². The van der Waals surface area contributed by atoms with Gasteiger partial charge in [0.25, 0.3) is 0 Å². The highest BCUT2D eigenvalue weighted by molar-refractivity contribution is 9.10. The molecule has 0 aliphatic carbocycles. The van der Waals surface area contributed by atoms with Crippen LogP contribution in [0.2, 0.25) is 0 Å². The van der Waals surface area contributed by atoms with Gasteiger partial charge in [-0.3, -0.25) is 9.59 Å². The first kappa shape index (κ1) is 30.3. The van der Waals surface area contributed by atoms with Crippen molar-refractivity contribution in [3.63, 3.8) is 0 Å². The minimum absolute atomic E-state index is 0.0662. The van der Waals surface area contributed by atoms with Crippen molar-refractivity contribution in [1.29, 1.82) is 0 Å². The molecule has 0 saturated carbocycles. The van der Waals surface area contributed by atoms with Gasteiger partial charge in [0, 0.05) is 29.4 Å². The van der Waals surface area contributed by atoms with Crippen LogP contribution in [0.15, 0.2) is 59.1 Å². The Balaban J connectivity index is 2.13. The van der Waals surface area contributed by atoms with Gasteiger partial charge in [-0.05, 0) is 48.5 Å². The molecule has 3 aromatic carbocycles. The molecular formula is C29H29BrO10. The number of carbonyl (C=O) groups excluding carboxylic acids is 3. The normalized spacial score (nSPS) is 12.0. The van der Waals surface area contributed by atoms with Gasteiger partial charge in [-0.1, -0.05) is 22.0 Å². The Morgan fingerprint density at radius 3 is 1.60 bits per heavy atom. The molecule has 0 N–H and O–H groups in total. The van der Waals surface area contributed by atoms with Crippen LogP contribution in [0.3, 0.4) is 0 Å². The van der Waals surface area contributed by atoms with Gasteiger partial charge in [0.2, 0.25) is 5.75 Å². The molecular weight excluding hydrogens is 588 g/mol. The second kappa shape index (κ2) is 13.7. The van der Waals surface area contributed by atoms with Gasteiger partial charge in [0.1, 0.15) is 0 Å². The van der Waals surface area contributed by atoms with E-state index in [1.54, 1.807) is 48.5 Å². The van der Waals surface area contributed by atoms with Gasteiger partial charge in [-0.15, -0.1) is 0 Å². The van der Waals surface area contributed by atoms with Crippen LogP contribution in [0, 0.1) is 0 Å². The first-order valence-electron chi connectivity index (χ1n) is 11.9. The molecule has 0 fully saturated rings. The van der Waals surface area contributed by atoms with E-state index in [0.717, 1.165) is 4.47 Å². The molecule has 11 heteroatoms. The van der Waals surface area contributed by atoms with E-state index in [1.807, 2.05) is 0 Å². The Bertz CT molecular complexity index is 1340. The molecule has 212 valence electrons. The summed E-state index contributed by atoms with van der Waals surface area (Å²) in [5, 5.41) is 0. The molecule has 0 spiro atoms. The number of benzene rings is 3. The van der Waals surface area contributed by atoms with E-state index in [2.05, 4.69) is 15.9 Å². The largest absolute Gasteiger partial charge is 0.493 e. The molecule has 10 nitrogen and oxygen atoms in total. The van der Waals surface area contributed by atoms with Gasteiger partial charge in [0.05, 0.1) is 34.0 Å². The van der Waals surface area contributed by atoms with E-state index in [9.17, 15) is 14.4 Å². The smallest absolute Gasteiger partial charge is 0.343 e. The summed E-state index contributed by atoms with van der Waals surface area (Å²) >= 11 is 3.33. The van der Waals surface area contributed by atoms with E-state index in [-0.39, 0.29) is 11.5 Å². The van der Waals surface area contributed by atoms with Crippen molar-refractivity contribution in [2.45, 2.75) is 26.1 Å². The lowest BCUT2D eigenvalue weighted by molar-refractivity contribution is -0.166. The summed E-state index contributed by atoms with van der Waals surface area (Å²) in [6, 6.07) is 14.4. The van der Waals surface area contributed by atoms with Crippen LogP contribution in [0.5, 0.6) is 28.7 Å². The number of hydrogen-bond acceptors (Lipinski definition) is 10. The number of rotatable bonds is 11. The second-order valence-corrected chi connectivity index (χ2v) is 9.24. The minimum atomic E-state index is -1.17. The summed E-state index contributed by atoms with van der Waals surface area (Å²) in [4.78, 5) is 37.3. The maximum Gasteiger partial charge on any atom is 0.343 e. The number of ether oxygens (including phenoxy) is 7. The third kappa shape index (κ3) is 7.23. The summed E-state index contributed by atoms with van der Waals surface area (Å²) < 4.78 is 39.5. The fourth-order valence-corrected chi connectivity index (χ4v) is 4.19. The van der Waals surface area contributed by atoms with Crippen molar-refractivity contribution in [2.75, 3.05) is 28.4 Å². The average Bonchev–Trinajstić information content (AvgIpc) is 2.94. The van der Waals surface area contributed by atoms with Gasteiger partial charge < -0.3 is 33.2 Å². The number of halogens is 1. The number of esters is 3. The van der Waals surface area contributed by atoms with Crippen molar-refractivity contribution in [3.05, 3.63) is 75.8 Å². The molecule has 0 saturated heterocycles. The SMILES string of the molecule is COc1ccc([C@@H](OC(C)=O)[C@H](OC(C)=O)c2cc(OC)c(OC)c(OC)c2)cc1OC(=O)c1ccc(Br)cc1. The lowest BCUT2D eigenvalue weighted by atomic mass is 9.96. The number of carbonyl (C=O) groups is 3. The summed E-state index contributed by atoms with van der Waals surface area (Å²) in [7, 11) is 5.77. The van der Waals surface area contributed by atoms with Crippen LogP contribution in [0.4, 0.5) is 0 Å². The molecule has 0 bridgehead atoms. The van der Waals surface area contributed by atoms with Crippen molar-refractivity contribution in [1.82, 2.24) is 0 Å². The zero-order valence-electron chi connectivity index (χ0n) is 22.8. The Kier molecular flexibility index (Phi) is 10.4. The molecule has 0 unspecified atom stereocenters. The highest BCUT2D eigenvalue weighted by atomic mass is 79.9. The number of hydrogen-bond donors (Lipinski definition) is 0. The van der Waals surface area contributed by atoms with Crippen molar-refractivity contribution in [3.8, 4) is 28.7 Å². The fourth-order valence-electron chi connectivity index (χ4n) is 3.93. The molecule has 3 aromatic rings. The predicted octanol–water partition coefficient (Wildman–Crippen LogP) is 5.61. The molecule has 0 heterocycles. The van der Waals surface area contributed by atoms with Crippen LogP contribution in [-0.4, -0.2) is 46.3 Å². The van der Waals surface area contributed by atoms with E-state index in [0.29, 0.717) is 33.9 Å². The van der Waals surface area contributed by atoms with E-state index in [1.165, 1.54) is 48.4 Å². The molecule has 40 heavy (non-hydrogen) atoms. The summed E-state index contributed by atoms with van der Waals surface area (Å²) in [6.07, 6.45) is -2.32. The van der Waals surface area contributed by atoms with Crippen LogP contribution in [0.1, 0.15) is 47.5 Å². The molecule has 0 radical (unpaired) electrons. The van der Waals surface area contributed by atoms with Gasteiger partial charge in [-0.2, -0.15) is 0 Å². The van der Waals surface area contributed by atoms with Crippen LogP contribution in [-0.2, 0) is 19.1 Å². The van der Waals surface area contributed by atoms with Crippen LogP contribution >= 0.6 is 15.9 Å². The van der Waals surface area contributed by atoms with Crippen molar-refractivity contribution < 1.29 is 47.5 Å². The molecule has 3 rings (SSSR count). The predicted molar refractivity (Wildman–Crippen MR) is 147 cm³/mol. The topological polar surface area (TPSA) is 116 Å². The molecule has 0 aliphatic heterocycles. The maximum absolute atomic E-state index is 12.9. The first-order chi connectivity index (χ1) is 19.1. The average molecular weight is 617 g/mol. The summed E-state index contributed by atoms with van der Waals surface area (Å²) in [5.41, 5.74) is 1.05. The lowest BCUT2D eigenvalue weighted by Gasteiger charge is -2.28. The van der Waals surface area contributed by atoms with E-state index >= 15 is 0 Å². The standard InChI is InChI=1S/C29H29BrO10/c1-16(31)38-26(27(39-17(2)32)20-14-24(35-4)28(37-6)25(15-20)36-5)19-9-12-22(34-3)23(13-19)40-29(33)18-7-10-21(30)11-8-18/h7-15,26-27H,1-6H3/t26-,27-/m1/s1. The molecule has 0 aromatic heterocycles. The Labute approximate surface area is 240 Å². The number of methoxy groups -OCH3 is 4. The van der Waals surface area contributed by atoms with Crippen LogP contribution < -0.4 is 23.7 Å². The van der Waals surface area contributed by atoms with Crippen molar-refractivity contribution in [2.24, 2.45) is 0 Å². The fraction of sp³-hybridized carbons (Fsp3) is 0.276. The lowest BCUT2D eigenvalue weighted by Crippen LogP contribution is -2.22. The van der Waals surface area contributed by atoms with Gasteiger partial charge in [-0.25, -0.2) is 4.79 Å². The summed E-state index contributed by atoms with van der Waals surface area (Å²) in [5.74, 6) is -0.655. The molecule has 0 amide bonds. The Morgan fingerprint density at radius 1 is 0.625 bits per heavy atom. The third-order valence-electron chi connectivity index (χ3n) is 5.68. The Hall–Kier alpha value is -4.25. The minimum Gasteiger partial charge on any atom is -0.493 e. The Morgan fingerprint density at radius 2 is 1.12 bits per heavy atom. The van der Waals surface area contributed by atoms with Crippen LogP contribution in [0.25, 0.3) is 0 Å². The monoisotopic (exact) mass is 616 g/mol. The highest BCUT2D eigenvalue weighted by Crippen LogP contribution is 2.45. The van der Waals surface area contributed by atoms with Crippen molar-refractivity contribution >= 4 is 33.8 Å².